The predicted molar refractivity (Wildman–Crippen MR) is 87.3 cm³/mol. The van der Waals surface area contributed by atoms with Gasteiger partial charge < -0.3 is 15.2 Å². The molecule has 2 N–H and O–H groups in total. The normalized spacial score (nSPS) is 11.1. The standard InChI is InChI=1S/C18H20FNO3/c1-18(2,3)13-6-4-5-7-16(13)23-11-17(22)20-12-8-9-15(21)14(19)10-12/h4-10,21H,11H2,1-3H3,(H,20,22). The third-order valence-corrected chi connectivity index (χ3v) is 3.29. The summed E-state index contributed by atoms with van der Waals surface area (Å²) in [7, 11) is 0. The van der Waals surface area contributed by atoms with Crippen molar-refractivity contribution in [3.8, 4) is 11.5 Å². The van der Waals surface area contributed by atoms with Crippen LogP contribution in [0.25, 0.3) is 0 Å². The number of benzene rings is 2. The van der Waals surface area contributed by atoms with Crippen LogP contribution in [-0.4, -0.2) is 17.6 Å². The quantitative estimate of drug-likeness (QED) is 0.842. The average molecular weight is 317 g/mol. The summed E-state index contributed by atoms with van der Waals surface area (Å²) in [6.45, 7) is 6.01. The van der Waals surface area contributed by atoms with Crippen LogP contribution in [0.1, 0.15) is 26.3 Å². The molecule has 0 aromatic heterocycles. The Bertz CT molecular complexity index is 708. The van der Waals surface area contributed by atoms with E-state index in [-0.39, 0.29) is 17.7 Å². The number of halogens is 1. The van der Waals surface area contributed by atoms with Gasteiger partial charge in [0, 0.05) is 11.8 Å². The fraction of sp³-hybridized carbons (Fsp3) is 0.278. The van der Waals surface area contributed by atoms with Gasteiger partial charge in [0.15, 0.2) is 18.2 Å². The Kier molecular flexibility index (Phi) is 4.89. The van der Waals surface area contributed by atoms with Gasteiger partial charge in [0.1, 0.15) is 5.75 Å². The highest BCUT2D eigenvalue weighted by molar-refractivity contribution is 5.91. The predicted octanol–water partition coefficient (Wildman–Crippen LogP) is 3.85. The van der Waals surface area contributed by atoms with Crippen molar-refractivity contribution in [2.75, 3.05) is 11.9 Å². The summed E-state index contributed by atoms with van der Waals surface area (Å²) in [5, 5.41) is 11.6. The third-order valence-electron chi connectivity index (χ3n) is 3.29. The number of carbonyl (C=O) groups excluding carboxylic acids is 1. The smallest absolute Gasteiger partial charge is 0.262 e. The van der Waals surface area contributed by atoms with E-state index < -0.39 is 17.5 Å². The molecular weight excluding hydrogens is 297 g/mol. The molecule has 5 heteroatoms. The number of rotatable bonds is 4. The van der Waals surface area contributed by atoms with Crippen molar-refractivity contribution in [1.29, 1.82) is 0 Å². The molecule has 2 aromatic carbocycles. The van der Waals surface area contributed by atoms with Crippen molar-refractivity contribution in [2.45, 2.75) is 26.2 Å². The maximum Gasteiger partial charge on any atom is 0.262 e. The minimum absolute atomic E-state index is 0.104. The summed E-state index contributed by atoms with van der Waals surface area (Å²) < 4.78 is 18.8. The van der Waals surface area contributed by atoms with Gasteiger partial charge in [0.05, 0.1) is 0 Å². The SMILES string of the molecule is CC(C)(C)c1ccccc1OCC(=O)Nc1ccc(O)c(F)c1. The van der Waals surface area contributed by atoms with Crippen molar-refractivity contribution >= 4 is 11.6 Å². The second-order valence-corrected chi connectivity index (χ2v) is 6.25. The topological polar surface area (TPSA) is 58.6 Å². The Morgan fingerprint density at radius 3 is 2.57 bits per heavy atom. The molecule has 2 rings (SSSR count). The zero-order chi connectivity index (χ0) is 17.0. The van der Waals surface area contributed by atoms with Gasteiger partial charge in [-0.3, -0.25) is 4.79 Å². The molecule has 0 atom stereocenters. The summed E-state index contributed by atoms with van der Waals surface area (Å²) >= 11 is 0. The molecule has 0 unspecified atom stereocenters. The number of carbonyl (C=O) groups is 1. The second-order valence-electron chi connectivity index (χ2n) is 6.25. The molecule has 0 heterocycles. The zero-order valence-electron chi connectivity index (χ0n) is 13.4. The minimum atomic E-state index is -0.790. The largest absolute Gasteiger partial charge is 0.505 e. The number of nitrogens with one attached hydrogen (secondary N) is 1. The molecule has 0 radical (unpaired) electrons. The molecule has 0 saturated heterocycles. The number of hydrogen-bond acceptors (Lipinski definition) is 3. The molecule has 0 saturated carbocycles. The van der Waals surface area contributed by atoms with Crippen molar-refractivity contribution in [3.05, 3.63) is 53.8 Å². The first kappa shape index (κ1) is 16.8. The maximum atomic E-state index is 13.2. The van der Waals surface area contributed by atoms with Crippen LogP contribution in [-0.2, 0) is 10.2 Å². The molecule has 23 heavy (non-hydrogen) atoms. The van der Waals surface area contributed by atoms with E-state index in [4.69, 9.17) is 9.84 Å². The monoisotopic (exact) mass is 317 g/mol. The van der Waals surface area contributed by atoms with E-state index in [0.717, 1.165) is 11.6 Å². The highest BCUT2D eigenvalue weighted by Gasteiger charge is 2.18. The van der Waals surface area contributed by atoms with Crippen LogP contribution in [0.5, 0.6) is 11.5 Å². The lowest BCUT2D eigenvalue weighted by Crippen LogP contribution is -2.22. The number of hydrogen-bond donors (Lipinski definition) is 2. The van der Waals surface area contributed by atoms with Crippen molar-refractivity contribution in [3.63, 3.8) is 0 Å². The first-order valence-corrected chi connectivity index (χ1v) is 7.28. The fourth-order valence-corrected chi connectivity index (χ4v) is 2.14. The van der Waals surface area contributed by atoms with Gasteiger partial charge in [0.25, 0.3) is 5.91 Å². The molecule has 1 amide bonds. The Morgan fingerprint density at radius 1 is 1.22 bits per heavy atom. The highest BCUT2D eigenvalue weighted by Crippen LogP contribution is 2.30. The summed E-state index contributed by atoms with van der Waals surface area (Å²) in [5.41, 5.74) is 1.16. The molecule has 0 fully saturated rings. The van der Waals surface area contributed by atoms with Gasteiger partial charge >= 0.3 is 0 Å². The Morgan fingerprint density at radius 2 is 1.91 bits per heavy atom. The van der Waals surface area contributed by atoms with E-state index in [1.54, 1.807) is 0 Å². The zero-order valence-corrected chi connectivity index (χ0v) is 13.4. The summed E-state index contributed by atoms with van der Waals surface area (Å²) in [6, 6.07) is 11.2. The van der Waals surface area contributed by atoms with Crippen LogP contribution >= 0.6 is 0 Å². The van der Waals surface area contributed by atoms with Crippen LogP contribution in [0.2, 0.25) is 0 Å². The molecule has 4 nitrogen and oxygen atoms in total. The number of ether oxygens (including phenoxy) is 1. The van der Waals surface area contributed by atoms with Gasteiger partial charge in [-0.15, -0.1) is 0 Å². The first-order valence-electron chi connectivity index (χ1n) is 7.28. The molecule has 0 aliphatic rings. The van der Waals surface area contributed by atoms with Crippen molar-refractivity contribution < 1.29 is 19.0 Å². The summed E-state index contributed by atoms with van der Waals surface area (Å²) in [4.78, 5) is 11.9. The molecule has 122 valence electrons. The molecule has 2 aromatic rings. The Balaban J connectivity index is 2.01. The number of phenols is 1. The fourth-order valence-electron chi connectivity index (χ4n) is 2.14. The van der Waals surface area contributed by atoms with Gasteiger partial charge in [0.2, 0.25) is 0 Å². The van der Waals surface area contributed by atoms with E-state index in [1.807, 2.05) is 24.3 Å². The van der Waals surface area contributed by atoms with Crippen LogP contribution in [0, 0.1) is 5.82 Å². The number of phenolic OH excluding ortho intramolecular Hbond substituents is 1. The van der Waals surface area contributed by atoms with Crippen LogP contribution in [0.15, 0.2) is 42.5 Å². The lowest BCUT2D eigenvalue weighted by molar-refractivity contribution is -0.118. The molecule has 0 aliphatic heterocycles. The van der Waals surface area contributed by atoms with Gasteiger partial charge in [-0.05, 0) is 29.2 Å². The van der Waals surface area contributed by atoms with E-state index >= 15 is 0 Å². The molecule has 0 bridgehead atoms. The van der Waals surface area contributed by atoms with Crippen molar-refractivity contribution in [1.82, 2.24) is 0 Å². The third kappa shape index (κ3) is 4.45. The Labute approximate surface area is 134 Å². The van der Waals surface area contributed by atoms with Gasteiger partial charge in [-0.2, -0.15) is 0 Å². The lowest BCUT2D eigenvalue weighted by atomic mass is 9.86. The van der Waals surface area contributed by atoms with Crippen molar-refractivity contribution in [2.24, 2.45) is 0 Å². The van der Waals surface area contributed by atoms with E-state index in [0.29, 0.717) is 5.75 Å². The average Bonchev–Trinajstić information content (AvgIpc) is 2.48. The molecule has 0 aliphatic carbocycles. The molecular formula is C18H20FNO3. The number of amides is 1. The molecule has 0 spiro atoms. The second kappa shape index (κ2) is 6.69. The van der Waals surface area contributed by atoms with Crippen LogP contribution in [0.3, 0.4) is 0 Å². The number of para-hydroxylation sites is 1. The lowest BCUT2D eigenvalue weighted by Gasteiger charge is -2.22. The van der Waals surface area contributed by atoms with E-state index in [2.05, 4.69) is 26.1 Å². The summed E-state index contributed by atoms with van der Waals surface area (Å²) in [6.07, 6.45) is 0. The van der Waals surface area contributed by atoms with Crippen LogP contribution < -0.4 is 10.1 Å². The highest BCUT2D eigenvalue weighted by atomic mass is 19.1. The maximum absolute atomic E-state index is 13.2. The summed E-state index contributed by atoms with van der Waals surface area (Å²) in [5.74, 6) is -1.01. The van der Waals surface area contributed by atoms with Gasteiger partial charge in [-0.1, -0.05) is 39.0 Å². The number of anilines is 1. The number of aromatic hydroxyl groups is 1. The van der Waals surface area contributed by atoms with E-state index in [1.165, 1.54) is 12.1 Å². The Hall–Kier alpha value is -2.56. The van der Waals surface area contributed by atoms with Gasteiger partial charge in [-0.25, -0.2) is 4.39 Å². The first-order chi connectivity index (χ1) is 10.8. The van der Waals surface area contributed by atoms with E-state index in [9.17, 15) is 9.18 Å². The van der Waals surface area contributed by atoms with Crippen LogP contribution in [0.4, 0.5) is 10.1 Å². The minimum Gasteiger partial charge on any atom is -0.505 e.